The van der Waals surface area contributed by atoms with Gasteiger partial charge < -0.3 is 14.2 Å². The summed E-state index contributed by atoms with van der Waals surface area (Å²) in [4.78, 5) is 18.9. The fourth-order valence-corrected chi connectivity index (χ4v) is 3.78. The maximum atomic E-state index is 12.8. The number of hydrogen-bond acceptors (Lipinski definition) is 7. The second kappa shape index (κ2) is 8.62. The van der Waals surface area contributed by atoms with E-state index in [1.54, 1.807) is 22.8 Å². The molecule has 3 aromatic heterocycles. The highest BCUT2D eigenvalue weighted by Crippen LogP contribution is 2.30. The predicted molar refractivity (Wildman–Crippen MR) is 113 cm³/mol. The van der Waals surface area contributed by atoms with Gasteiger partial charge in [-0.1, -0.05) is 5.16 Å². The van der Waals surface area contributed by atoms with Gasteiger partial charge in [0.05, 0.1) is 24.5 Å². The van der Waals surface area contributed by atoms with Crippen molar-refractivity contribution in [2.75, 3.05) is 20.2 Å². The van der Waals surface area contributed by atoms with Crippen LogP contribution in [-0.2, 0) is 30.7 Å². The Balaban J connectivity index is 1.46. The van der Waals surface area contributed by atoms with E-state index in [1.807, 2.05) is 18.5 Å². The minimum Gasteiger partial charge on any atom is -0.376 e. The summed E-state index contributed by atoms with van der Waals surface area (Å²) in [6.07, 6.45) is 3.09. The molecular formula is C21H29N7O3. The van der Waals surface area contributed by atoms with Crippen molar-refractivity contribution in [3.8, 4) is 11.6 Å². The van der Waals surface area contributed by atoms with Crippen LogP contribution in [-0.4, -0.2) is 60.7 Å². The molecule has 0 saturated carbocycles. The quantitative estimate of drug-likeness (QED) is 0.570. The number of rotatable bonds is 7. The molecule has 4 rings (SSSR count). The molecule has 0 aromatic carbocycles. The number of fused-ring (bicyclic) bond motifs is 1. The summed E-state index contributed by atoms with van der Waals surface area (Å²) in [5, 5.41) is 13.2. The molecule has 1 amide bonds. The van der Waals surface area contributed by atoms with Crippen molar-refractivity contribution in [3.05, 3.63) is 34.5 Å². The molecule has 0 spiro atoms. The number of likely N-dealkylation sites (N-methyl/N-ethyl adjacent to an activating group) is 1. The van der Waals surface area contributed by atoms with Gasteiger partial charge in [0, 0.05) is 56.5 Å². The lowest BCUT2D eigenvalue weighted by Crippen LogP contribution is -2.29. The van der Waals surface area contributed by atoms with E-state index in [-0.39, 0.29) is 11.9 Å². The first kappa shape index (κ1) is 21.2. The zero-order valence-corrected chi connectivity index (χ0v) is 18.8. The molecule has 4 heterocycles. The van der Waals surface area contributed by atoms with Crippen LogP contribution in [0.2, 0.25) is 0 Å². The summed E-state index contributed by atoms with van der Waals surface area (Å²) >= 11 is 0. The standard InChI is InChI=1S/C21H29N7O3/c1-6-27-11-15(14(4)23-27)21(29)26(5)9-7-18-22-20(31-25-18)19-16-12-30-10-8-17(16)28(24-19)13(2)3/h11,13H,6-10,12H2,1-5H3. The van der Waals surface area contributed by atoms with Gasteiger partial charge in [0.1, 0.15) is 0 Å². The Labute approximate surface area is 181 Å². The molecule has 10 nitrogen and oxygen atoms in total. The zero-order chi connectivity index (χ0) is 22.1. The first-order chi connectivity index (χ1) is 14.9. The molecule has 0 saturated heterocycles. The van der Waals surface area contributed by atoms with Crippen molar-refractivity contribution in [3.63, 3.8) is 0 Å². The highest BCUT2D eigenvalue weighted by Gasteiger charge is 2.26. The molecule has 0 aliphatic carbocycles. The van der Waals surface area contributed by atoms with Crippen LogP contribution in [0, 0.1) is 6.92 Å². The van der Waals surface area contributed by atoms with E-state index in [1.165, 1.54) is 5.69 Å². The Hall–Kier alpha value is -3.01. The number of carbonyl (C=O) groups is 1. The van der Waals surface area contributed by atoms with E-state index in [0.717, 1.165) is 24.2 Å². The average Bonchev–Trinajstić information content (AvgIpc) is 3.47. The van der Waals surface area contributed by atoms with Crippen LogP contribution in [0.25, 0.3) is 11.6 Å². The molecule has 10 heteroatoms. The van der Waals surface area contributed by atoms with Crippen molar-refractivity contribution in [2.24, 2.45) is 0 Å². The van der Waals surface area contributed by atoms with Gasteiger partial charge in [-0.3, -0.25) is 14.2 Å². The molecule has 0 fully saturated rings. The largest absolute Gasteiger partial charge is 0.376 e. The van der Waals surface area contributed by atoms with Gasteiger partial charge in [0.15, 0.2) is 11.5 Å². The molecular weight excluding hydrogens is 398 g/mol. The summed E-state index contributed by atoms with van der Waals surface area (Å²) < 4.78 is 14.9. The summed E-state index contributed by atoms with van der Waals surface area (Å²) in [5.74, 6) is 0.869. The SMILES string of the molecule is CCn1cc(C(=O)N(C)CCc2noc(-c3nn(C(C)C)c4c3COCC4)n2)c(C)n1. The molecule has 0 bridgehead atoms. The third-order valence-electron chi connectivity index (χ3n) is 5.53. The Kier molecular flexibility index (Phi) is 5.90. The van der Waals surface area contributed by atoms with Crippen LogP contribution in [0.4, 0.5) is 0 Å². The van der Waals surface area contributed by atoms with E-state index in [0.29, 0.717) is 49.2 Å². The first-order valence-corrected chi connectivity index (χ1v) is 10.7. The molecule has 0 N–H and O–H groups in total. The van der Waals surface area contributed by atoms with Crippen LogP contribution in [0.5, 0.6) is 0 Å². The van der Waals surface area contributed by atoms with Crippen molar-refractivity contribution in [1.82, 2.24) is 34.6 Å². The van der Waals surface area contributed by atoms with E-state index in [2.05, 4.69) is 29.1 Å². The highest BCUT2D eigenvalue weighted by atomic mass is 16.5. The fraction of sp³-hybridized carbons (Fsp3) is 0.571. The Morgan fingerprint density at radius 1 is 1.32 bits per heavy atom. The maximum absolute atomic E-state index is 12.8. The minimum atomic E-state index is -0.0668. The molecule has 0 atom stereocenters. The zero-order valence-electron chi connectivity index (χ0n) is 18.8. The smallest absolute Gasteiger partial charge is 0.278 e. The monoisotopic (exact) mass is 427 g/mol. The summed E-state index contributed by atoms with van der Waals surface area (Å²) in [7, 11) is 1.77. The summed E-state index contributed by atoms with van der Waals surface area (Å²) in [5.41, 5.74) is 4.22. The van der Waals surface area contributed by atoms with Crippen LogP contribution in [0.15, 0.2) is 10.7 Å². The number of amides is 1. The van der Waals surface area contributed by atoms with E-state index < -0.39 is 0 Å². The molecule has 0 radical (unpaired) electrons. The number of ether oxygens (including phenoxy) is 1. The molecule has 166 valence electrons. The molecule has 3 aromatic rings. The number of carbonyl (C=O) groups excluding carboxylic acids is 1. The lowest BCUT2D eigenvalue weighted by atomic mass is 10.1. The molecule has 1 aliphatic heterocycles. The van der Waals surface area contributed by atoms with E-state index >= 15 is 0 Å². The fourth-order valence-electron chi connectivity index (χ4n) is 3.78. The Bertz CT molecular complexity index is 1080. The summed E-state index contributed by atoms with van der Waals surface area (Å²) in [6.45, 7) is 10.4. The maximum Gasteiger partial charge on any atom is 0.278 e. The minimum absolute atomic E-state index is 0.0668. The van der Waals surface area contributed by atoms with Gasteiger partial charge >= 0.3 is 0 Å². The third-order valence-corrected chi connectivity index (χ3v) is 5.53. The van der Waals surface area contributed by atoms with Gasteiger partial charge in [0.2, 0.25) is 0 Å². The van der Waals surface area contributed by atoms with Gasteiger partial charge in [-0.25, -0.2) is 0 Å². The predicted octanol–water partition coefficient (Wildman–Crippen LogP) is 2.43. The van der Waals surface area contributed by atoms with E-state index in [4.69, 9.17) is 14.4 Å². The van der Waals surface area contributed by atoms with Crippen molar-refractivity contribution in [1.29, 1.82) is 0 Å². The number of aromatic nitrogens is 6. The normalized spacial score (nSPS) is 13.6. The third kappa shape index (κ3) is 4.12. The lowest BCUT2D eigenvalue weighted by Gasteiger charge is -2.16. The lowest BCUT2D eigenvalue weighted by molar-refractivity contribution is 0.0795. The van der Waals surface area contributed by atoms with Crippen LogP contribution in [0.1, 0.15) is 59.9 Å². The topological polar surface area (TPSA) is 104 Å². The second-order valence-corrected chi connectivity index (χ2v) is 8.09. The van der Waals surface area contributed by atoms with Gasteiger partial charge in [-0.15, -0.1) is 0 Å². The molecule has 0 unspecified atom stereocenters. The first-order valence-electron chi connectivity index (χ1n) is 10.7. The van der Waals surface area contributed by atoms with Crippen LogP contribution < -0.4 is 0 Å². The Morgan fingerprint density at radius 2 is 2.13 bits per heavy atom. The average molecular weight is 428 g/mol. The number of nitrogens with zero attached hydrogens (tertiary/aromatic N) is 7. The number of aryl methyl sites for hydroxylation is 2. The highest BCUT2D eigenvalue weighted by molar-refractivity contribution is 5.94. The van der Waals surface area contributed by atoms with E-state index in [9.17, 15) is 4.79 Å². The van der Waals surface area contributed by atoms with Crippen LogP contribution in [0.3, 0.4) is 0 Å². The number of hydrogen-bond donors (Lipinski definition) is 0. The van der Waals surface area contributed by atoms with Crippen molar-refractivity contribution in [2.45, 2.75) is 59.7 Å². The van der Waals surface area contributed by atoms with Crippen molar-refractivity contribution >= 4 is 5.91 Å². The molecule has 1 aliphatic rings. The van der Waals surface area contributed by atoms with Gasteiger partial charge in [-0.05, 0) is 27.7 Å². The van der Waals surface area contributed by atoms with Gasteiger partial charge in [0.25, 0.3) is 11.8 Å². The second-order valence-electron chi connectivity index (χ2n) is 8.09. The summed E-state index contributed by atoms with van der Waals surface area (Å²) in [6, 6.07) is 0.239. The van der Waals surface area contributed by atoms with Crippen LogP contribution >= 0.6 is 0 Å². The molecule has 31 heavy (non-hydrogen) atoms. The van der Waals surface area contributed by atoms with Crippen molar-refractivity contribution < 1.29 is 14.1 Å². The Morgan fingerprint density at radius 3 is 2.84 bits per heavy atom. The van der Waals surface area contributed by atoms with Gasteiger partial charge in [-0.2, -0.15) is 15.2 Å².